The Morgan fingerprint density at radius 2 is 1.81 bits per heavy atom. The van der Waals surface area contributed by atoms with Crippen LogP contribution in [-0.2, 0) is 9.53 Å². The number of Topliss-reactive ketones (excluding diaryl/α,β-unsaturated/α-hetero) is 1. The number of rotatable bonds is 5. The van der Waals surface area contributed by atoms with Crippen LogP contribution in [0, 0.1) is 0 Å². The molecule has 2 atom stereocenters. The van der Waals surface area contributed by atoms with E-state index in [1.165, 1.54) is 29.6 Å². The highest BCUT2D eigenvalue weighted by Gasteiger charge is 2.37. The fraction of sp³-hybridized carbons (Fsp3) is 0.200. The van der Waals surface area contributed by atoms with Crippen LogP contribution in [0.2, 0.25) is 5.02 Å². The molecule has 2 aromatic carbocycles. The van der Waals surface area contributed by atoms with Gasteiger partial charge in [-0.1, -0.05) is 54.1 Å². The van der Waals surface area contributed by atoms with Crippen molar-refractivity contribution >= 4 is 46.9 Å². The fourth-order valence-corrected chi connectivity index (χ4v) is 5.83. The van der Waals surface area contributed by atoms with E-state index in [1.54, 1.807) is 6.92 Å². The molecule has 0 amide bonds. The molecule has 1 aliphatic rings. The van der Waals surface area contributed by atoms with Gasteiger partial charge in [-0.3, -0.25) is 4.79 Å². The van der Waals surface area contributed by atoms with E-state index in [4.69, 9.17) is 16.3 Å². The average molecular weight is 405 g/mol. The number of benzene rings is 2. The van der Waals surface area contributed by atoms with Crippen LogP contribution in [0.3, 0.4) is 0 Å². The van der Waals surface area contributed by atoms with Gasteiger partial charge in [0, 0.05) is 21.6 Å². The molecule has 0 radical (unpaired) electrons. The molecule has 1 aliphatic heterocycles. The predicted molar refractivity (Wildman–Crippen MR) is 109 cm³/mol. The molecule has 6 heteroatoms. The minimum Gasteiger partial charge on any atom is -0.463 e. The first-order valence-electron chi connectivity index (χ1n) is 8.13. The van der Waals surface area contributed by atoms with E-state index in [-0.39, 0.29) is 21.6 Å². The van der Waals surface area contributed by atoms with Gasteiger partial charge in [0.05, 0.1) is 11.9 Å². The summed E-state index contributed by atoms with van der Waals surface area (Å²) in [6, 6.07) is 16.7. The second kappa shape index (κ2) is 8.80. The first-order chi connectivity index (χ1) is 12.6. The van der Waals surface area contributed by atoms with Crippen LogP contribution in [-0.4, -0.2) is 22.9 Å². The molecule has 134 valence electrons. The lowest BCUT2D eigenvalue weighted by Gasteiger charge is -2.11. The first-order valence-corrected chi connectivity index (χ1v) is 10.3. The Labute approximate surface area is 166 Å². The van der Waals surface area contributed by atoms with Gasteiger partial charge in [0.25, 0.3) is 0 Å². The third kappa shape index (κ3) is 4.53. The van der Waals surface area contributed by atoms with Gasteiger partial charge in [-0.15, -0.1) is 23.5 Å². The van der Waals surface area contributed by atoms with Crippen LogP contribution in [0.4, 0.5) is 0 Å². The van der Waals surface area contributed by atoms with Crippen LogP contribution in [0.25, 0.3) is 0 Å². The van der Waals surface area contributed by atoms with Crippen LogP contribution in [0.15, 0.2) is 65.6 Å². The molecule has 1 heterocycles. The molecule has 1 saturated heterocycles. The Morgan fingerprint density at radius 3 is 2.46 bits per heavy atom. The van der Waals surface area contributed by atoms with Gasteiger partial charge in [0.15, 0.2) is 5.78 Å². The maximum atomic E-state index is 12.8. The summed E-state index contributed by atoms with van der Waals surface area (Å²) in [5, 5.41) is 0.552. The number of hydrogen-bond donors (Lipinski definition) is 0. The highest BCUT2D eigenvalue weighted by Crippen LogP contribution is 2.56. The highest BCUT2D eigenvalue weighted by molar-refractivity contribution is 8.23. The number of carbonyl (C=O) groups excluding carboxylic acids is 2. The van der Waals surface area contributed by atoms with Gasteiger partial charge >= 0.3 is 5.97 Å². The first kappa shape index (κ1) is 19.1. The van der Waals surface area contributed by atoms with Crippen molar-refractivity contribution in [3.8, 4) is 0 Å². The van der Waals surface area contributed by atoms with Gasteiger partial charge in [0.2, 0.25) is 0 Å². The lowest BCUT2D eigenvalue weighted by molar-refractivity contribution is -0.137. The zero-order chi connectivity index (χ0) is 18.5. The van der Waals surface area contributed by atoms with Crippen molar-refractivity contribution in [2.75, 3.05) is 6.61 Å². The molecule has 0 N–H and O–H groups in total. The lowest BCUT2D eigenvalue weighted by atomic mass is 10.1. The standard InChI is InChI=1S/C20H17ClO3S2/c1-2-24-17(22)12-16-19(14-8-10-15(21)11-9-14)26-20(25-16)18(23)13-6-4-3-5-7-13/h3-12,19-20H,2H2,1H3. The third-order valence-electron chi connectivity index (χ3n) is 3.75. The van der Waals surface area contributed by atoms with Crippen LogP contribution in [0.5, 0.6) is 0 Å². The molecule has 0 aromatic heterocycles. The number of ketones is 1. The fourth-order valence-electron chi connectivity index (χ4n) is 2.55. The maximum absolute atomic E-state index is 12.8. The number of esters is 1. The lowest BCUT2D eigenvalue weighted by Crippen LogP contribution is -2.10. The van der Waals surface area contributed by atoms with Gasteiger partial charge in [-0.2, -0.15) is 0 Å². The maximum Gasteiger partial charge on any atom is 0.331 e. The second-order valence-corrected chi connectivity index (χ2v) is 8.67. The smallest absolute Gasteiger partial charge is 0.331 e. The molecule has 0 bridgehead atoms. The molecule has 3 rings (SSSR count). The number of halogens is 1. The molecule has 3 nitrogen and oxygen atoms in total. The van der Waals surface area contributed by atoms with Crippen molar-refractivity contribution in [3.05, 3.63) is 81.7 Å². The molecular formula is C20H17ClO3S2. The van der Waals surface area contributed by atoms with E-state index in [9.17, 15) is 9.59 Å². The van der Waals surface area contributed by atoms with Gasteiger partial charge in [-0.05, 0) is 24.6 Å². The molecule has 26 heavy (non-hydrogen) atoms. The summed E-state index contributed by atoms with van der Waals surface area (Å²) in [4.78, 5) is 25.6. The molecular weight excluding hydrogens is 388 g/mol. The summed E-state index contributed by atoms with van der Waals surface area (Å²) in [7, 11) is 0. The van der Waals surface area contributed by atoms with E-state index in [1.807, 2.05) is 54.6 Å². The monoisotopic (exact) mass is 404 g/mol. The molecule has 0 saturated carbocycles. The Bertz CT molecular complexity index is 819. The zero-order valence-corrected chi connectivity index (χ0v) is 16.4. The number of ether oxygens (including phenoxy) is 1. The molecule has 2 unspecified atom stereocenters. The van der Waals surface area contributed by atoms with Crippen molar-refractivity contribution in [1.82, 2.24) is 0 Å². The largest absolute Gasteiger partial charge is 0.463 e. The van der Waals surface area contributed by atoms with E-state index in [0.717, 1.165) is 10.5 Å². The normalized spacial score (nSPS) is 20.9. The van der Waals surface area contributed by atoms with Crippen LogP contribution in [0.1, 0.15) is 28.1 Å². The van der Waals surface area contributed by atoms with Crippen molar-refractivity contribution < 1.29 is 14.3 Å². The minimum atomic E-state index is -0.387. The number of carbonyl (C=O) groups is 2. The number of thioether (sulfide) groups is 2. The summed E-state index contributed by atoms with van der Waals surface area (Å²) in [6.45, 7) is 2.09. The Balaban J connectivity index is 1.88. The predicted octanol–water partition coefficient (Wildman–Crippen LogP) is 5.52. The molecule has 0 spiro atoms. The van der Waals surface area contributed by atoms with E-state index < -0.39 is 0 Å². The topological polar surface area (TPSA) is 43.4 Å². The summed E-state index contributed by atoms with van der Waals surface area (Å²) >= 11 is 8.94. The van der Waals surface area contributed by atoms with Crippen molar-refractivity contribution in [2.45, 2.75) is 16.8 Å². The van der Waals surface area contributed by atoms with E-state index in [0.29, 0.717) is 17.2 Å². The Kier molecular flexibility index (Phi) is 6.46. The van der Waals surface area contributed by atoms with Crippen LogP contribution >= 0.6 is 35.1 Å². The Morgan fingerprint density at radius 1 is 1.12 bits per heavy atom. The molecule has 2 aromatic rings. The second-order valence-electron chi connectivity index (χ2n) is 5.55. The van der Waals surface area contributed by atoms with Gasteiger partial charge in [0.1, 0.15) is 4.58 Å². The Hall–Kier alpha value is -1.69. The van der Waals surface area contributed by atoms with Crippen LogP contribution < -0.4 is 0 Å². The van der Waals surface area contributed by atoms with Gasteiger partial charge in [-0.25, -0.2) is 4.79 Å². The van der Waals surface area contributed by atoms with Crippen molar-refractivity contribution in [2.24, 2.45) is 0 Å². The summed E-state index contributed by atoms with van der Waals surface area (Å²) in [5.74, 6) is -0.339. The zero-order valence-electron chi connectivity index (χ0n) is 14.1. The van der Waals surface area contributed by atoms with E-state index in [2.05, 4.69) is 0 Å². The van der Waals surface area contributed by atoms with Crippen molar-refractivity contribution in [3.63, 3.8) is 0 Å². The number of hydrogen-bond acceptors (Lipinski definition) is 5. The van der Waals surface area contributed by atoms with Crippen molar-refractivity contribution in [1.29, 1.82) is 0 Å². The SMILES string of the molecule is CCOC(=O)C=C1SC(C(=O)c2ccccc2)SC1c1ccc(Cl)cc1. The highest BCUT2D eigenvalue weighted by atomic mass is 35.5. The average Bonchev–Trinajstić information content (AvgIpc) is 3.06. The third-order valence-corrected chi connectivity index (χ3v) is 7.09. The van der Waals surface area contributed by atoms with E-state index >= 15 is 0 Å². The molecule has 0 aliphatic carbocycles. The summed E-state index contributed by atoms with van der Waals surface area (Å²) < 4.78 is 4.74. The summed E-state index contributed by atoms with van der Waals surface area (Å²) in [5.41, 5.74) is 1.68. The quantitative estimate of drug-likeness (QED) is 0.373. The minimum absolute atomic E-state index is 0.0480. The molecule has 1 fully saturated rings. The van der Waals surface area contributed by atoms with Gasteiger partial charge < -0.3 is 4.74 Å². The summed E-state index contributed by atoms with van der Waals surface area (Å²) in [6.07, 6.45) is 1.50.